The molecule has 1 aliphatic rings. The van der Waals surface area contributed by atoms with Crippen LogP contribution >= 0.6 is 11.8 Å². The molecule has 0 saturated carbocycles. The fraction of sp³-hybridized carbons (Fsp3) is 0.556. The van der Waals surface area contributed by atoms with Crippen LogP contribution < -0.4 is 10.6 Å². The maximum atomic E-state index is 12.3. The predicted molar refractivity (Wildman–Crippen MR) is 101 cm³/mol. The molecule has 2 rings (SSSR count). The van der Waals surface area contributed by atoms with Gasteiger partial charge in [-0.1, -0.05) is 20.8 Å². The zero-order valence-corrected chi connectivity index (χ0v) is 15.5. The van der Waals surface area contributed by atoms with E-state index in [0.29, 0.717) is 29.0 Å². The molecule has 132 valence electrons. The summed E-state index contributed by atoms with van der Waals surface area (Å²) in [5.41, 5.74) is 1.32. The minimum Gasteiger partial charge on any atom is -0.352 e. The Morgan fingerprint density at radius 1 is 1.25 bits per heavy atom. The standard InChI is InChI=1S/C18H27N3O2S/c1-13(2)12-19-17(22)15-4-6-16(7-5-15)20-18(23)21-9-8-14(3)24-11-10-21/h4-7,13-14H,8-12H2,1-3H3,(H,19,22)(H,20,23)/t14-/m0/s1. The third-order valence-corrected chi connectivity index (χ3v) is 5.15. The highest BCUT2D eigenvalue weighted by atomic mass is 32.2. The Hall–Kier alpha value is -1.69. The molecule has 1 heterocycles. The third-order valence-electron chi connectivity index (χ3n) is 3.93. The van der Waals surface area contributed by atoms with Crippen molar-refractivity contribution in [1.82, 2.24) is 10.2 Å². The van der Waals surface area contributed by atoms with Gasteiger partial charge in [0, 0.05) is 41.9 Å². The van der Waals surface area contributed by atoms with Gasteiger partial charge >= 0.3 is 6.03 Å². The van der Waals surface area contributed by atoms with E-state index in [1.54, 1.807) is 24.3 Å². The van der Waals surface area contributed by atoms with Crippen LogP contribution in [0.2, 0.25) is 0 Å². The highest BCUT2D eigenvalue weighted by Gasteiger charge is 2.18. The zero-order valence-electron chi connectivity index (χ0n) is 14.7. The van der Waals surface area contributed by atoms with E-state index in [1.807, 2.05) is 16.7 Å². The Balaban J connectivity index is 1.88. The SMILES string of the molecule is CC(C)CNC(=O)c1ccc(NC(=O)N2CCS[C@@H](C)CC2)cc1. The number of nitrogens with one attached hydrogen (secondary N) is 2. The van der Waals surface area contributed by atoms with Crippen molar-refractivity contribution < 1.29 is 9.59 Å². The highest BCUT2D eigenvalue weighted by Crippen LogP contribution is 2.19. The van der Waals surface area contributed by atoms with Gasteiger partial charge in [0.05, 0.1) is 0 Å². The van der Waals surface area contributed by atoms with Crippen LogP contribution in [0.25, 0.3) is 0 Å². The molecular weight excluding hydrogens is 322 g/mol. The van der Waals surface area contributed by atoms with Gasteiger partial charge in [-0.15, -0.1) is 0 Å². The van der Waals surface area contributed by atoms with E-state index in [-0.39, 0.29) is 11.9 Å². The Morgan fingerprint density at radius 3 is 2.62 bits per heavy atom. The van der Waals surface area contributed by atoms with E-state index >= 15 is 0 Å². The fourth-order valence-electron chi connectivity index (χ4n) is 2.41. The summed E-state index contributed by atoms with van der Waals surface area (Å²) in [5.74, 6) is 1.31. The van der Waals surface area contributed by atoms with Crippen LogP contribution in [-0.4, -0.2) is 47.5 Å². The van der Waals surface area contributed by atoms with E-state index in [0.717, 1.165) is 25.3 Å². The van der Waals surface area contributed by atoms with Crippen LogP contribution in [-0.2, 0) is 0 Å². The van der Waals surface area contributed by atoms with Gasteiger partial charge in [-0.2, -0.15) is 11.8 Å². The van der Waals surface area contributed by atoms with Crippen molar-refractivity contribution >= 4 is 29.4 Å². The van der Waals surface area contributed by atoms with Crippen molar-refractivity contribution in [3.8, 4) is 0 Å². The number of carbonyl (C=O) groups excluding carboxylic acids is 2. The summed E-state index contributed by atoms with van der Waals surface area (Å²) in [6, 6.07) is 6.97. The van der Waals surface area contributed by atoms with Crippen LogP contribution in [0.3, 0.4) is 0 Å². The molecule has 2 N–H and O–H groups in total. The first-order chi connectivity index (χ1) is 11.5. The number of thioether (sulfide) groups is 1. The van der Waals surface area contributed by atoms with Gasteiger partial charge in [0.1, 0.15) is 0 Å². The maximum Gasteiger partial charge on any atom is 0.321 e. The minimum absolute atomic E-state index is 0.0679. The number of nitrogens with zero attached hydrogens (tertiary/aromatic N) is 1. The molecule has 0 bridgehead atoms. The largest absolute Gasteiger partial charge is 0.352 e. The van der Waals surface area contributed by atoms with Crippen LogP contribution in [0.1, 0.15) is 37.6 Å². The van der Waals surface area contributed by atoms with Crippen molar-refractivity contribution in [3.63, 3.8) is 0 Å². The summed E-state index contributed by atoms with van der Waals surface area (Å²) in [4.78, 5) is 26.2. The summed E-state index contributed by atoms with van der Waals surface area (Å²) < 4.78 is 0. The summed E-state index contributed by atoms with van der Waals surface area (Å²) in [5, 5.41) is 6.40. The topological polar surface area (TPSA) is 61.4 Å². The number of amides is 3. The van der Waals surface area contributed by atoms with Crippen molar-refractivity contribution in [2.75, 3.05) is 30.7 Å². The van der Waals surface area contributed by atoms with E-state index in [4.69, 9.17) is 0 Å². The van der Waals surface area contributed by atoms with E-state index in [2.05, 4.69) is 31.4 Å². The quantitative estimate of drug-likeness (QED) is 0.875. The number of hydrogen-bond acceptors (Lipinski definition) is 3. The van der Waals surface area contributed by atoms with Crippen molar-refractivity contribution in [2.24, 2.45) is 5.92 Å². The fourth-order valence-corrected chi connectivity index (χ4v) is 3.41. The predicted octanol–water partition coefficient (Wildman–Crippen LogP) is 3.43. The summed E-state index contributed by atoms with van der Waals surface area (Å²) in [6.07, 6.45) is 1.02. The molecule has 24 heavy (non-hydrogen) atoms. The summed E-state index contributed by atoms with van der Waals surface area (Å²) in [6.45, 7) is 8.53. The average Bonchev–Trinajstić information content (AvgIpc) is 2.78. The van der Waals surface area contributed by atoms with Gasteiger partial charge < -0.3 is 15.5 Å². The Bertz CT molecular complexity index is 560. The molecule has 5 nitrogen and oxygen atoms in total. The highest BCUT2D eigenvalue weighted by molar-refractivity contribution is 7.99. The average molecular weight is 350 g/mol. The first-order valence-corrected chi connectivity index (χ1v) is 9.56. The maximum absolute atomic E-state index is 12.3. The second-order valence-corrected chi connectivity index (χ2v) is 8.11. The Kier molecular flexibility index (Phi) is 6.97. The molecule has 0 aliphatic carbocycles. The second kappa shape index (κ2) is 8.97. The molecule has 0 aromatic heterocycles. The number of urea groups is 1. The molecule has 6 heteroatoms. The third kappa shape index (κ3) is 5.74. The minimum atomic E-state index is -0.0832. The van der Waals surface area contributed by atoms with Gasteiger partial charge in [0.2, 0.25) is 0 Å². The summed E-state index contributed by atoms with van der Waals surface area (Å²) >= 11 is 1.91. The van der Waals surface area contributed by atoms with Gasteiger partial charge in [0.25, 0.3) is 5.91 Å². The molecule has 3 amide bonds. The lowest BCUT2D eigenvalue weighted by Crippen LogP contribution is -2.36. The molecule has 1 aliphatic heterocycles. The molecule has 0 spiro atoms. The Morgan fingerprint density at radius 2 is 1.96 bits per heavy atom. The smallest absolute Gasteiger partial charge is 0.321 e. The van der Waals surface area contributed by atoms with E-state index in [9.17, 15) is 9.59 Å². The lowest BCUT2D eigenvalue weighted by atomic mass is 10.1. The van der Waals surface area contributed by atoms with Gasteiger partial charge in [0.15, 0.2) is 0 Å². The van der Waals surface area contributed by atoms with E-state index < -0.39 is 0 Å². The number of hydrogen-bond donors (Lipinski definition) is 2. The van der Waals surface area contributed by atoms with Crippen LogP contribution in [0.15, 0.2) is 24.3 Å². The number of anilines is 1. The second-order valence-electron chi connectivity index (χ2n) is 6.57. The normalized spacial score (nSPS) is 18.2. The molecular formula is C18H27N3O2S. The lowest BCUT2D eigenvalue weighted by molar-refractivity contribution is 0.0949. The Labute approximate surface area is 148 Å². The van der Waals surface area contributed by atoms with Crippen LogP contribution in [0, 0.1) is 5.92 Å². The first kappa shape index (κ1) is 18.6. The number of benzene rings is 1. The first-order valence-electron chi connectivity index (χ1n) is 8.51. The van der Waals surface area contributed by atoms with E-state index in [1.165, 1.54) is 0 Å². The molecule has 0 radical (unpaired) electrons. The van der Waals surface area contributed by atoms with Crippen LogP contribution in [0.4, 0.5) is 10.5 Å². The zero-order chi connectivity index (χ0) is 17.5. The van der Waals surface area contributed by atoms with Crippen molar-refractivity contribution in [1.29, 1.82) is 0 Å². The molecule has 0 unspecified atom stereocenters. The monoisotopic (exact) mass is 349 g/mol. The van der Waals surface area contributed by atoms with Gasteiger partial charge in [-0.05, 0) is 36.6 Å². The molecule has 1 aromatic carbocycles. The van der Waals surface area contributed by atoms with Crippen molar-refractivity contribution in [3.05, 3.63) is 29.8 Å². The van der Waals surface area contributed by atoms with Crippen LogP contribution in [0.5, 0.6) is 0 Å². The molecule has 1 saturated heterocycles. The number of rotatable bonds is 4. The number of carbonyl (C=O) groups is 2. The molecule has 1 fully saturated rings. The van der Waals surface area contributed by atoms with Gasteiger partial charge in [-0.3, -0.25) is 4.79 Å². The lowest BCUT2D eigenvalue weighted by Gasteiger charge is -2.20. The van der Waals surface area contributed by atoms with Crippen molar-refractivity contribution in [2.45, 2.75) is 32.4 Å². The van der Waals surface area contributed by atoms with Gasteiger partial charge in [-0.25, -0.2) is 4.79 Å². The molecule has 1 atom stereocenters. The molecule has 1 aromatic rings. The summed E-state index contributed by atoms with van der Waals surface area (Å²) in [7, 11) is 0.